The molecule has 30 heavy (non-hydrogen) atoms. The van der Waals surface area contributed by atoms with E-state index in [0.717, 1.165) is 17.0 Å². The molecular formula is C22H17N5O3. The van der Waals surface area contributed by atoms with Crippen molar-refractivity contribution in [3.63, 3.8) is 0 Å². The first-order valence-corrected chi connectivity index (χ1v) is 9.31. The van der Waals surface area contributed by atoms with Gasteiger partial charge in [0.25, 0.3) is 5.56 Å². The molecule has 148 valence electrons. The second-order valence-electron chi connectivity index (χ2n) is 6.71. The monoisotopic (exact) mass is 399 g/mol. The van der Waals surface area contributed by atoms with Crippen molar-refractivity contribution < 1.29 is 9.26 Å². The highest BCUT2D eigenvalue weighted by Crippen LogP contribution is 2.22. The van der Waals surface area contributed by atoms with Crippen LogP contribution in [-0.2, 0) is 6.54 Å². The van der Waals surface area contributed by atoms with E-state index in [1.165, 1.54) is 17.1 Å². The van der Waals surface area contributed by atoms with Crippen molar-refractivity contribution in [1.29, 1.82) is 0 Å². The normalized spacial score (nSPS) is 11.1. The number of hydrogen-bond acceptors (Lipinski definition) is 6. The smallest absolute Gasteiger partial charge is 0.264 e. The fourth-order valence-corrected chi connectivity index (χ4v) is 3.27. The molecule has 8 heteroatoms. The lowest BCUT2D eigenvalue weighted by Gasteiger charge is -2.04. The van der Waals surface area contributed by atoms with Crippen LogP contribution < -0.4 is 10.3 Å². The third-order valence-electron chi connectivity index (χ3n) is 4.83. The number of rotatable bonds is 5. The maximum atomic E-state index is 12.9. The molecule has 0 amide bonds. The van der Waals surface area contributed by atoms with Crippen molar-refractivity contribution >= 4 is 11.0 Å². The van der Waals surface area contributed by atoms with Gasteiger partial charge in [-0.25, -0.2) is 9.67 Å². The molecule has 3 heterocycles. The minimum Gasteiger partial charge on any atom is -0.497 e. The molecule has 5 aromatic rings. The quantitative estimate of drug-likeness (QED) is 0.451. The minimum absolute atomic E-state index is 0.190. The summed E-state index contributed by atoms with van der Waals surface area (Å²) in [5.74, 6) is 1.32. The van der Waals surface area contributed by atoms with Crippen LogP contribution >= 0.6 is 0 Å². The van der Waals surface area contributed by atoms with Gasteiger partial charge < -0.3 is 9.26 Å². The molecule has 0 aliphatic carbocycles. The van der Waals surface area contributed by atoms with E-state index >= 15 is 0 Å². The Morgan fingerprint density at radius 1 is 1.07 bits per heavy atom. The average Bonchev–Trinajstić information content (AvgIpc) is 3.44. The Kier molecular flexibility index (Phi) is 4.36. The van der Waals surface area contributed by atoms with Crippen LogP contribution in [0.3, 0.4) is 0 Å². The van der Waals surface area contributed by atoms with Crippen molar-refractivity contribution in [3.8, 4) is 22.7 Å². The Hall–Kier alpha value is -4.20. The highest BCUT2D eigenvalue weighted by atomic mass is 16.5. The predicted molar refractivity (Wildman–Crippen MR) is 111 cm³/mol. The van der Waals surface area contributed by atoms with Gasteiger partial charge in [-0.3, -0.25) is 9.36 Å². The molecule has 0 aliphatic heterocycles. The average molecular weight is 399 g/mol. The van der Waals surface area contributed by atoms with Crippen molar-refractivity contribution in [2.75, 3.05) is 7.11 Å². The van der Waals surface area contributed by atoms with E-state index in [1.54, 1.807) is 11.8 Å². The highest BCUT2D eigenvalue weighted by Gasteiger charge is 2.13. The van der Waals surface area contributed by atoms with Crippen molar-refractivity contribution in [2.45, 2.75) is 6.54 Å². The highest BCUT2D eigenvalue weighted by molar-refractivity contribution is 5.74. The van der Waals surface area contributed by atoms with Gasteiger partial charge in [0, 0.05) is 11.6 Å². The van der Waals surface area contributed by atoms with Crippen molar-refractivity contribution in [2.24, 2.45) is 0 Å². The Balaban J connectivity index is 1.44. The third kappa shape index (κ3) is 3.14. The molecule has 0 saturated heterocycles. The van der Waals surface area contributed by atoms with Crippen LogP contribution in [0.2, 0.25) is 0 Å². The van der Waals surface area contributed by atoms with Crippen LogP contribution in [0.4, 0.5) is 0 Å². The van der Waals surface area contributed by atoms with Crippen LogP contribution in [0.25, 0.3) is 28.0 Å². The Morgan fingerprint density at radius 3 is 2.63 bits per heavy atom. The molecule has 2 aromatic carbocycles. The van der Waals surface area contributed by atoms with Gasteiger partial charge in [0.15, 0.2) is 11.4 Å². The number of hydrogen-bond donors (Lipinski definition) is 0. The van der Waals surface area contributed by atoms with Gasteiger partial charge in [-0.2, -0.15) is 5.10 Å². The molecule has 8 nitrogen and oxygen atoms in total. The largest absolute Gasteiger partial charge is 0.497 e. The number of methoxy groups -OCH3 is 1. The summed E-state index contributed by atoms with van der Waals surface area (Å²) < 4.78 is 13.7. The minimum atomic E-state index is -0.190. The zero-order valence-corrected chi connectivity index (χ0v) is 16.1. The summed E-state index contributed by atoms with van der Waals surface area (Å²) in [6.07, 6.45) is 3.04. The standard InChI is InChI=1S/C22H17N5O3/c1-29-17-9-7-15(8-10-17)20-11-18(30-25-20)13-26-14-23-21-19(22(26)28)12-24-27(21)16-5-3-2-4-6-16/h2-12,14H,13H2,1H3. The lowest BCUT2D eigenvalue weighted by Crippen LogP contribution is -2.20. The van der Waals surface area contributed by atoms with Gasteiger partial charge >= 0.3 is 0 Å². The summed E-state index contributed by atoms with van der Waals surface area (Å²) in [6, 6.07) is 18.9. The molecule has 0 unspecified atom stereocenters. The van der Waals surface area contributed by atoms with E-state index in [0.29, 0.717) is 22.5 Å². The van der Waals surface area contributed by atoms with Gasteiger partial charge in [-0.05, 0) is 36.4 Å². The molecule has 5 rings (SSSR count). The predicted octanol–water partition coefficient (Wildman–Crippen LogP) is 3.29. The number of nitrogens with zero attached hydrogens (tertiary/aromatic N) is 5. The maximum absolute atomic E-state index is 12.9. The molecule has 0 fully saturated rings. The van der Waals surface area contributed by atoms with E-state index in [-0.39, 0.29) is 12.1 Å². The van der Waals surface area contributed by atoms with Crippen molar-refractivity contribution in [3.05, 3.63) is 89.3 Å². The third-order valence-corrected chi connectivity index (χ3v) is 4.83. The summed E-state index contributed by atoms with van der Waals surface area (Å²) in [5.41, 5.74) is 2.75. The molecule has 0 spiro atoms. The first kappa shape index (κ1) is 17.9. The van der Waals surface area contributed by atoms with Crippen LogP contribution in [0.15, 0.2) is 82.5 Å². The summed E-state index contributed by atoms with van der Waals surface area (Å²) in [5, 5.41) is 8.87. The Morgan fingerprint density at radius 2 is 1.87 bits per heavy atom. The molecule has 3 aromatic heterocycles. The molecule has 0 saturated carbocycles. The van der Waals surface area contributed by atoms with Crippen LogP contribution in [0.1, 0.15) is 5.76 Å². The summed E-state index contributed by atoms with van der Waals surface area (Å²) in [4.78, 5) is 17.4. The van der Waals surface area contributed by atoms with E-state index in [9.17, 15) is 4.79 Å². The Labute approximate surface area is 171 Å². The van der Waals surface area contributed by atoms with Gasteiger partial charge in [0.2, 0.25) is 0 Å². The maximum Gasteiger partial charge on any atom is 0.264 e. The number of ether oxygens (including phenoxy) is 1. The van der Waals surface area contributed by atoms with Gasteiger partial charge in [-0.15, -0.1) is 0 Å². The zero-order chi connectivity index (χ0) is 20.5. The zero-order valence-electron chi connectivity index (χ0n) is 16.1. The topological polar surface area (TPSA) is 88.0 Å². The second-order valence-corrected chi connectivity index (χ2v) is 6.71. The van der Waals surface area contributed by atoms with E-state index in [4.69, 9.17) is 9.26 Å². The van der Waals surface area contributed by atoms with Crippen LogP contribution in [0, 0.1) is 0 Å². The number of benzene rings is 2. The summed E-state index contributed by atoms with van der Waals surface area (Å²) in [6.45, 7) is 0.224. The van der Waals surface area contributed by atoms with E-state index in [1.807, 2.05) is 60.7 Å². The van der Waals surface area contributed by atoms with Gasteiger partial charge in [0.05, 0.1) is 25.5 Å². The first-order chi connectivity index (χ1) is 14.7. The number of fused-ring (bicyclic) bond motifs is 1. The van der Waals surface area contributed by atoms with Gasteiger partial charge in [0.1, 0.15) is 23.2 Å². The lowest BCUT2D eigenvalue weighted by atomic mass is 10.1. The first-order valence-electron chi connectivity index (χ1n) is 9.31. The SMILES string of the molecule is COc1ccc(-c2cc(Cn3cnc4c(cnn4-c4ccccc4)c3=O)on2)cc1. The van der Waals surface area contributed by atoms with E-state index < -0.39 is 0 Å². The molecule has 0 radical (unpaired) electrons. The lowest BCUT2D eigenvalue weighted by molar-refractivity contribution is 0.376. The Bertz CT molecular complexity index is 1370. The second kappa shape index (κ2) is 7.32. The van der Waals surface area contributed by atoms with Crippen LogP contribution in [0.5, 0.6) is 5.75 Å². The van der Waals surface area contributed by atoms with Crippen molar-refractivity contribution in [1.82, 2.24) is 24.5 Å². The molecule has 0 aliphatic rings. The molecule has 0 bridgehead atoms. The fraction of sp³-hybridized carbons (Fsp3) is 0.0909. The van der Waals surface area contributed by atoms with Crippen LogP contribution in [-0.4, -0.2) is 31.6 Å². The van der Waals surface area contributed by atoms with E-state index in [2.05, 4.69) is 15.2 Å². The molecular weight excluding hydrogens is 382 g/mol. The fourth-order valence-electron chi connectivity index (χ4n) is 3.27. The number of aromatic nitrogens is 5. The summed E-state index contributed by atoms with van der Waals surface area (Å²) in [7, 11) is 1.62. The summed E-state index contributed by atoms with van der Waals surface area (Å²) >= 11 is 0. The molecule has 0 atom stereocenters. The molecule has 0 N–H and O–H groups in total. The number of para-hydroxylation sites is 1. The van der Waals surface area contributed by atoms with Gasteiger partial charge in [-0.1, -0.05) is 23.4 Å².